The number of para-hydroxylation sites is 2. The number of carbonyl (C=O) groups is 1. The van der Waals surface area contributed by atoms with E-state index in [0.29, 0.717) is 12.1 Å². The van der Waals surface area contributed by atoms with Crippen molar-refractivity contribution in [3.05, 3.63) is 76.8 Å². The molecule has 108 valence electrons. The van der Waals surface area contributed by atoms with Gasteiger partial charge < -0.3 is 0 Å². The number of nitro benzene ring substituents is 1. The molecule has 3 aromatic rings. The molecular weight excluding hydrogens is 280 g/mol. The second-order valence-corrected chi connectivity index (χ2v) is 4.72. The number of nitro groups is 1. The summed E-state index contributed by atoms with van der Waals surface area (Å²) in [7, 11) is 0. The smallest absolute Gasteiger partial charge is 0.278 e. The van der Waals surface area contributed by atoms with Crippen LogP contribution >= 0.6 is 0 Å². The fourth-order valence-electron chi connectivity index (χ4n) is 2.48. The molecule has 22 heavy (non-hydrogen) atoms. The van der Waals surface area contributed by atoms with Gasteiger partial charge in [-0.2, -0.15) is 0 Å². The first-order chi connectivity index (χ1) is 10.7. The van der Waals surface area contributed by atoms with Crippen LogP contribution in [0.5, 0.6) is 0 Å². The number of hydrogen-bond acceptors (Lipinski definition) is 3. The zero-order chi connectivity index (χ0) is 15.5. The third-order valence-electron chi connectivity index (χ3n) is 3.47. The van der Waals surface area contributed by atoms with Gasteiger partial charge in [0.05, 0.1) is 10.6 Å². The molecule has 3 rings (SSSR count). The first kappa shape index (κ1) is 13.8. The van der Waals surface area contributed by atoms with Crippen LogP contribution < -0.4 is 4.90 Å². The van der Waals surface area contributed by atoms with E-state index in [1.807, 2.05) is 36.4 Å². The van der Waals surface area contributed by atoms with Crippen LogP contribution in [0.25, 0.3) is 10.8 Å². The summed E-state index contributed by atoms with van der Waals surface area (Å²) in [6.07, 6.45) is 0.601. The summed E-state index contributed by atoms with van der Waals surface area (Å²) in [5, 5.41) is 13.0. The molecule has 0 unspecified atom stereocenters. The summed E-state index contributed by atoms with van der Waals surface area (Å²) in [6.45, 7) is 0. The molecule has 0 spiro atoms. The van der Waals surface area contributed by atoms with E-state index in [-0.39, 0.29) is 11.4 Å². The van der Waals surface area contributed by atoms with Crippen molar-refractivity contribution >= 4 is 34.2 Å². The van der Waals surface area contributed by atoms with E-state index < -0.39 is 4.92 Å². The average Bonchev–Trinajstić information content (AvgIpc) is 2.56. The molecule has 0 radical (unpaired) electrons. The van der Waals surface area contributed by atoms with Gasteiger partial charge in [0.2, 0.25) is 6.41 Å². The summed E-state index contributed by atoms with van der Waals surface area (Å²) in [5.74, 6) is 0. The van der Waals surface area contributed by atoms with Crippen molar-refractivity contribution in [1.82, 2.24) is 0 Å². The van der Waals surface area contributed by atoms with Gasteiger partial charge in [-0.1, -0.05) is 48.5 Å². The minimum Gasteiger partial charge on any atom is -0.278 e. The SMILES string of the molecule is O=CN(c1ccccc1[N+](=O)[O-])c1cccc2ccccc12. The van der Waals surface area contributed by atoms with Gasteiger partial charge in [-0.3, -0.25) is 19.8 Å². The monoisotopic (exact) mass is 292 g/mol. The highest BCUT2D eigenvalue weighted by atomic mass is 16.6. The fraction of sp³-hybridized carbons (Fsp3) is 0. The van der Waals surface area contributed by atoms with Crippen molar-refractivity contribution in [3.63, 3.8) is 0 Å². The molecule has 5 nitrogen and oxygen atoms in total. The van der Waals surface area contributed by atoms with E-state index in [0.717, 1.165) is 10.8 Å². The molecule has 0 aromatic heterocycles. The molecule has 0 aliphatic carbocycles. The Balaban J connectivity index is 2.24. The summed E-state index contributed by atoms with van der Waals surface area (Å²) in [4.78, 5) is 23.6. The van der Waals surface area contributed by atoms with Gasteiger partial charge in [0.15, 0.2) is 0 Å². The van der Waals surface area contributed by atoms with Crippen LogP contribution in [0.3, 0.4) is 0 Å². The minimum atomic E-state index is -0.489. The van der Waals surface area contributed by atoms with Crippen LogP contribution in [-0.4, -0.2) is 11.3 Å². The molecule has 1 amide bonds. The molecule has 0 aliphatic rings. The van der Waals surface area contributed by atoms with Crippen LogP contribution in [0.1, 0.15) is 0 Å². The van der Waals surface area contributed by atoms with Crippen LogP contribution in [0.2, 0.25) is 0 Å². The van der Waals surface area contributed by atoms with Crippen molar-refractivity contribution in [1.29, 1.82) is 0 Å². The molecule has 0 heterocycles. The van der Waals surface area contributed by atoms with Gasteiger partial charge in [-0.15, -0.1) is 0 Å². The lowest BCUT2D eigenvalue weighted by Gasteiger charge is -2.19. The maximum Gasteiger partial charge on any atom is 0.293 e. The zero-order valence-corrected chi connectivity index (χ0v) is 11.5. The molecule has 5 heteroatoms. The number of nitrogens with zero attached hydrogens (tertiary/aromatic N) is 2. The molecule has 0 aliphatic heterocycles. The van der Waals surface area contributed by atoms with E-state index in [1.54, 1.807) is 24.3 Å². The topological polar surface area (TPSA) is 63.5 Å². The maximum atomic E-state index is 11.6. The number of anilines is 2. The zero-order valence-electron chi connectivity index (χ0n) is 11.5. The number of rotatable bonds is 4. The van der Waals surface area contributed by atoms with E-state index in [4.69, 9.17) is 0 Å². The second-order valence-electron chi connectivity index (χ2n) is 4.72. The molecule has 0 fully saturated rings. The number of carbonyl (C=O) groups excluding carboxylic acids is 1. The Morgan fingerprint density at radius 1 is 0.864 bits per heavy atom. The molecule has 0 saturated carbocycles. The molecule has 0 atom stereocenters. The number of fused-ring (bicyclic) bond motifs is 1. The fourth-order valence-corrected chi connectivity index (χ4v) is 2.48. The second kappa shape index (κ2) is 5.65. The van der Waals surface area contributed by atoms with Crippen molar-refractivity contribution in [2.75, 3.05) is 4.90 Å². The summed E-state index contributed by atoms with van der Waals surface area (Å²) < 4.78 is 0. The maximum absolute atomic E-state index is 11.6. The van der Waals surface area contributed by atoms with Gasteiger partial charge in [0.25, 0.3) is 5.69 Å². The van der Waals surface area contributed by atoms with Crippen molar-refractivity contribution in [3.8, 4) is 0 Å². The Morgan fingerprint density at radius 3 is 2.27 bits per heavy atom. The predicted molar refractivity (Wildman–Crippen MR) is 85.2 cm³/mol. The number of amides is 1. The van der Waals surface area contributed by atoms with Gasteiger partial charge in [0.1, 0.15) is 5.69 Å². The summed E-state index contributed by atoms with van der Waals surface area (Å²) >= 11 is 0. The summed E-state index contributed by atoms with van der Waals surface area (Å²) in [6, 6.07) is 19.3. The Morgan fingerprint density at radius 2 is 1.50 bits per heavy atom. The van der Waals surface area contributed by atoms with Gasteiger partial charge >= 0.3 is 0 Å². The molecule has 0 saturated heterocycles. The lowest BCUT2D eigenvalue weighted by Crippen LogP contribution is -2.15. The van der Waals surface area contributed by atoms with Crippen LogP contribution in [0.15, 0.2) is 66.7 Å². The third-order valence-corrected chi connectivity index (χ3v) is 3.47. The van der Waals surface area contributed by atoms with Crippen LogP contribution in [-0.2, 0) is 4.79 Å². The molecule has 3 aromatic carbocycles. The first-order valence-corrected chi connectivity index (χ1v) is 6.68. The predicted octanol–water partition coefficient (Wildman–Crippen LogP) is 4.04. The Bertz CT molecular complexity index is 856. The van der Waals surface area contributed by atoms with E-state index in [1.165, 1.54) is 11.0 Å². The standard InChI is InChI=1S/C17H12N2O3/c20-12-18(16-9-3-4-10-17(16)19(21)22)15-11-5-7-13-6-1-2-8-14(13)15/h1-12H. The minimum absolute atomic E-state index is 0.109. The van der Waals surface area contributed by atoms with E-state index in [9.17, 15) is 14.9 Å². The molecule has 0 bridgehead atoms. The Labute approximate surface area is 126 Å². The Hall–Kier alpha value is -3.21. The Kier molecular flexibility index (Phi) is 3.53. The highest BCUT2D eigenvalue weighted by Crippen LogP contribution is 2.35. The highest BCUT2D eigenvalue weighted by molar-refractivity contribution is 6.03. The summed E-state index contributed by atoms with van der Waals surface area (Å²) in [5.41, 5.74) is 0.754. The van der Waals surface area contributed by atoms with Crippen LogP contribution in [0.4, 0.5) is 17.1 Å². The molecular formula is C17H12N2O3. The van der Waals surface area contributed by atoms with Crippen molar-refractivity contribution in [2.24, 2.45) is 0 Å². The van der Waals surface area contributed by atoms with Gasteiger partial charge in [-0.05, 0) is 17.5 Å². The first-order valence-electron chi connectivity index (χ1n) is 6.68. The van der Waals surface area contributed by atoms with Gasteiger partial charge in [0, 0.05) is 11.5 Å². The lowest BCUT2D eigenvalue weighted by atomic mass is 10.1. The van der Waals surface area contributed by atoms with E-state index in [2.05, 4.69) is 0 Å². The quantitative estimate of drug-likeness (QED) is 0.414. The lowest BCUT2D eigenvalue weighted by molar-refractivity contribution is -0.384. The van der Waals surface area contributed by atoms with Crippen molar-refractivity contribution in [2.45, 2.75) is 0 Å². The largest absolute Gasteiger partial charge is 0.293 e. The number of benzene rings is 3. The third kappa shape index (κ3) is 2.29. The number of hydrogen-bond donors (Lipinski definition) is 0. The molecule has 0 N–H and O–H groups in total. The van der Waals surface area contributed by atoms with Crippen LogP contribution in [0, 0.1) is 10.1 Å². The van der Waals surface area contributed by atoms with E-state index >= 15 is 0 Å². The average molecular weight is 292 g/mol. The normalized spacial score (nSPS) is 10.4. The van der Waals surface area contributed by atoms with Gasteiger partial charge in [-0.25, -0.2) is 0 Å². The van der Waals surface area contributed by atoms with Crippen molar-refractivity contribution < 1.29 is 9.72 Å². The highest BCUT2D eigenvalue weighted by Gasteiger charge is 2.20.